The molecule has 0 amide bonds. The van der Waals surface area contributed by atoms with E-state index in [0.717, 1.165) is 19.6 Å². The predicted octanol–water partition coefficient (Wildman–Crippen LogP) is 0.633. The first-order valence-electron chi connectivity index (χ1n) is 5.88. The summed E-state index contributed by atoms with van der Waals surface area (Å²) < 4.78 is 4.84. The maximum atomic E-state index is 11.7. The number of carbonyl (C=O) groups excluding carboxylic acids is 1. The van der Waals surface area contributed by atoms with E-state index in [2.05, 4.69) is 22.3 Å². The lowest BCUT2D eigenvalue weighted by Crippen LogP contribution is -2.54. The molecule has 4 nitrogen and oxygen atoms in total. The molecule has 1 heterocycles. The van der Waals surface area contributed by atoms with Gasteiger partial charge in [-0.15, -0.1) is 0 Å². The molecule has 17 heavy (non-hydrogen) atoms. The van der Waals surface area contributed by atoms with Crippen molar-refractivity contribution in [2.24, 2.45) is 0 Å². The third kappa shape index (κ3) is 3.05. The van der Waals surface area contributed by atoms with Crippen molar-refractivity contribution in [3.05, 3.63) is 35.9 Å². The van der Waals surface area contributed by atoms with Crippen LogP contribution in [0.2, 0.25) is 0 Å². The lowest BCUT2D eigenvalue weighted by molar-refractivity contribution is -0.147. The number of ether oxygens (including phenoxy) is 1. The summed E-state index contributed by atoms with van der Waals surface area (Å²) in [6.07, 6.45) is 0. The van der Waals surface area contributed by atoms with Crippen LogP contribution in [0.4, 0.5) is 0 Å². The molecule has 4 heteroatoms. The highest BCUT2D eigenvalue weighted by Gasteiger charge is 2.29. The first kappa shape index (κ1) is 12.1. The highest BCUT2D eigenvalue weighted by molar-refractivity contribution is 5.76. The normalized spacial score (nSPS) is 21.1. The van der Waals surface area contributed by atoms with E-state index in [0.29, 0.717) is 6.54 Å². The number of hydrogen-bond donors (Lipinski definition) is 1. The molecule has 1 unspecified atom stereocenters. The molecule has 1 N–H and O–H groups in total. The Labute approximate surface area is 102 Å². The van der Waals surface area contributed by atoms with Gasteiger partial charge in [-0.05, 0) is 5.56 Å². The Hall–Kier alpha value is -1.39. The topological polar surface area (TPSA) is 41.6 Å². The average Bonchev–Trinajstić information content (AvgIpc) is 2.40. The van der Waals surface area contributed by atoms with Crippen molar-refractivity contribution in [3.8, 4) is 0 Å². The summed E-state index contributed by atoms with van der Waals surface area (Å²) in [6.45, 7) is 3.25. The third-order valence-electron chi connectivity index (χ3n) is 3.06. The van der Waals surface area contributed by atoms with E-state index in [4.69, 9.17) is 4.74 Å². The van der Waals surface area contributed by atoms with Crippen LogP contribution in [0.15, 0.2) is 30.3 Å². The molecule has 1 aliphatic heterocycles. The van der Waals surface area contributed by atoms with Gasteiger partial charge in [-0.3, -0.25) is 9.69 Å². The number of methoxy groups -OCH3 is 1. The van der Waals surface area contributed by atoms with Crippen molar-refractivity contribution in [2.75, 3.05) is 26.7 Å². The van der Waals surface area contributed by atoms with Crippen LogP contribution in [0.1, 0.15) is 5.56 Å². The largest absolute Gasteiger partial charge is 0.468 e. The Kier molecular flexibility index (Phi) is 4.12. The van der Waals surface area contributed by atoms with Gasteiger partial charge in [-0.2, -0.15) is 0 Å². The van der Waals surface area contributed by atoms with Crippen molar-refractivity contribution >= 4 is 5.97 Å². The standard InChI is InChI=1S/C13H18N2O2/c1-17-13(16)12-9-14-7-8-15(12)10-11-5-3-2-4-6-11/h2-6,12,14H,7-10H2,1H3. The van der Waals surface area contributed by atoms with Gasteiger partial charge in [-0.25, -0.2) is 0 Å². The van der Waals surface area contributed by atoms with E-state index in [1.165, 1.54) is 12.7 Å². The van der Waals surface area contributed by atoms with E-state index in [1.54, 1.807) is 0 Å². The summed E-state index contributed by atoms with van der Waals surface area (Å²) in [7, 11) is 1.44. The molecule has 1 aromatic rings. The van der Waals surface area contributed by atoms with Gasteiger partial charge >= 0.3 is 5.97 Å². The Morgan fingerprint density at radius 2 is 2.24 bits per heavy atom. The second kappa shape index (κ2) is 5.80. The average molecular weight is 234 g/mol. The van der Waals surface area contributed by atoms with Crippen LogP contribution >= 0.6 is 0 Å². The van der Waals surface area contributed by atoms with Gasteiger partial charge in [0.15, 0.2) is 0 Å². The number of rotatable bonds is 3. The molecule has 1 fully saturated rings. The molecule has 0 aromatic heterocycles. The predicted molar refractivity (Wildman–Crippen MR) is 65.5 cm³/mol. The number of esters is 1. The number of hydrogen-bond acceptors (Lipinski definition) is 4. The van der Waals surface area contributed by atoms with Gasteiger partial charge in [0.2, 0.25) is 0 Å². The van der Waals surface area contributed by atoms with Crippen molar-refractivity contribution in [2.45, 2.75) is 12.6 Å². The summed E-state index contributed by atoms with van der Waals surface area (Å²) in [5.74, 6) is -0.159. The smallest absolute Gasteiger partial charge is 0.324 e. The summed E-state index contributed by atoms with van der Waals surface area (Å²) in [5.41, 5.74) is 1.23. The first-order valence-corrected chi connectivity index (χ1v) is 5.88. The molecule has 1 saturated heterocycles. The molecular formula is C13H18N2O2. The molecule has 1 aromatic carbocycles. The summed E-state index contributed by atoms with van der Waals surface area (Å²) >= 11 is 0. The quantitative estimate of drug-likeness (QED) is 0.779. The van der Waals surface area contributed by atoms with Gasteiger partial charge in [0, 0.05) is 26.2 Å². The van der Waals surface area contributed by atoms with E-state index >= 15 is 0 Å². The second-order valence-electron chi connectivity index (χ2n) is 4.20. The maximum absolute atomic E-state index is 11.7. The van der Waals surface area contributed by atoms with Crippen molar-refractivity contribution in [3.63, 3.8) is 0 Å². The molecule has 0 aliphatic carbocycles. The van der Waals surface area contributed by atoms with Crippen molar-refractivity contribution in [1.29, 1.82) is 0 Å². The van der Waals surface area contributed by atoms with Crippen LogP contribution < -0.4 is 5.32 Å². The maximum Gasteiger partial charge on any atom is 0.324 e. The minimum absolute atomic E-state index is 0.159. The zero-order chi connectivity index (χ0) is 12.1. The van der Waals surface area contributed by atoms with Crippen LogP contribution in [0.3, 0.4) is 0 Å². The van der Waals surface area contributed by atoms with Crippen molar-refractivity contribution < 1.29 is 9.53 Å². The van der Waals surface area contributed by atoms with E-state index in [1.807, 2.05) is 18.2 Å². The van der Waals surface area contributed by atoms with Gasteiger partial charge < -0.3 is 10.1 Å². The second-order valence-corrected chi connectivity index (χ2v) is 4.20. The van der Waals surface area contributed by atoms with E-state index in [9.17, 15) is 4.79 Å². The van der Waals surface area contributed by atoms with Crippen LogP contribution in [0, 0.1) is 0 Å². The van der Waals surface area contributed by atoms with Crippen LogP contribution in [-0.2, 0) is 16.1 Å². The molecular weight excluding hydrogens is 216 g/mol. The van der Waals surface area contributed by atoms with E-state index < -0.39 is 0 Å². The number of piperazine rings is 1. The highest BCUT2D eigenvalue weighted by atomic mass is 16.5. The van der Waals surface area contributed by atoms with Crippen LogP contribution in [-0.4, -0.2) is 43.7 Å². The molecule has 0 saturated carbocycles. The lowest BCUT2D eigenvalue weighted by Gasteiger charge is -2.34. The van der Waals surface area contributed by atoms with Gasteiger partial charge in [-0.1, -0.05) is 30.3 Å². The SMILES string of the molecule is COC(=O)C1CNCCN1Cc1ccccc1. The van der Waals surface area contributed by atoms with Gasteiger partial charge in [0.05, 0.1) is 7.11 Å². The van der Waals surface area contributed by atoms with Gasteiger partial charge in [0.25, 0.3) is 0 Å². The minimum atomic E-state index is -0.172. The third-order valence-corrected chi connectivity index (χ3v) is 3.06. The monoisotopic (exact) mass is 234 g/mol. The first-order chi connectivity index (χ1) is 8.31. The zero-order valence-corrected chi connectivity index (χ0v) is 10.1. The van der Waals surface area contributed by atoms with Crippen LogP contribution in [0.5, 0.6) is 0 Å². The Morgan fingerprint density at radius 1 is 1.47 bits per heavy atom. The molecule has 2 rings (SSSR count). The fraction of sp³-hybridized carbons (Fsp3) is 0.462. The minimum Gasteiger partial charge on any atom is -0.468 e. The lowest BCUT2D eigenvalue weighted by atomic mass is 10.1. The summed E-state index contributed by atoms with van der Waals surface area (Å²) in [5, 5.41) is 3.22. The number of nitrogens with zero attached hydrogens (tertiary/aromatic N) is 1. The van der Waals surface area contributed by atoms with E-state index in [-0.39, 0.29) is 12.0 Å². The summed E-state index contributed by atoms with van der Waals surface area (Å²) in [6, 6.07) is 10.0. The Bertz CT molecular complexity index is 367. The molecule has 1 atom stereocenters. The highest BCUT2D eigenvalue weighted by Crippen LogP contribution is 2.11. The Balaban J connectivity index is 2.04. The van der Waals surface area contributed by atoms with Crippen LogP contribution in [0.25, 0.3) is 0 Å². The zero-order valence-electron chi connectivity index (χ0n) is 10.1. The number of benzene rings is 1. The number of carbonyl (C=O) groups is 1. The molecule has 92 valence electrons. The van der Waals surface area contributed by atoms with Gasteiger partial charge in [0.1, 0.15) is 6.04 Å². The fourth-order valence-corrected chi connectivity index (χ4v) is 2.12. The fourth-order valence-electron chi connectivity index (χ4n) is 2.12. The molecule has 0 spiro atoms. The van der Waals surface area contributed by atoms with Crippen molar-refractivity contribution in [1.82, 2.24) is 10.2 Å². The number of nitrogens with one attached hydrogen (secondary N) is 1. The summed E-state index contributed by atoms with van der Waals surface area (Å²) in [4.78, 5) is 13.8. The molecule has 0 bridgehead atoms. The Morgan fingerprint density at radius 3 is 2.94 bits per heavy atom. The molecule has 0 radical (unpaired) electrons. The molecule has 1 aliphatic rings.